The molecule has 0 aliphatic carbocycles. The Morgan fingerprint density at radius 2 is 1.86 bits per heavy atom. The molecular formula is C16H22N4O2. The van der Waals surface area contributed by atoms with E-state index in [1.54, 1.807) is 7.11 Å². The van der Waals surface area contributed by atoms with E-state index < -0.39 is 0 Å². The first kappa shape index (κ1) is 16.0. The van der Waals surface area contributed by atoms with E-state index in [1.807, 2.05) is 32.9 Å². The van der Waals surface area contributed by atoms with Gasteiger partial charge >= 0.3 is 0 Å². The van der Waals surface area contributed by atoms with Gasteiger partial charge in [-0.1, -0.05) is 6.07 Å². The summed E-state index contributed by atoms with van der Waals surface area (Å²) in [5.74, 6) is 1.59. The van der Waals surface area contributed by atoms with Crippen LogP contribution in [0, 0.1) is 13.8 Å². The quantitative estimate of drug-likeness (QED) is 0.853. The molecule has 1 aromatic heterocycles. The molecule has 1 heterocycles. The van der Waals surface area contributed by atoms with Gasteiger partial charge < -0.3 is 20.5 Å². The number of nitrogens with one attached hydrogen (secondary N) is 1. The molecule has 0 spiro atoms. The highest BCUT2D eigenvalue weighted by atomic mass is 16.5. The molecule has 6 heteroatoms. The van der Waals surface area contributed by atoms with Gasteiger partial charge in [0.2, 0.25) is 5.88 Å². The van der Waals surface area contributed by atoms with Crippen LogP contribution in [0.1, 0.15) is 18.1 Å². The van der Waals surface area contributed by atoms with Crippen molar-refractivity contribution in [2.45, 2.75) is 26.8 Å². The van der Waals surface area contributed by atoms with Gasteiger partial charge in [0, 0.05) is 13.2 Å². The predicted molar refractivity (Wildman–Crippen MR) is 87.4 cm³/mol. The van der Waals surface area contributed by atoms with Crippen LogP contribution in [0.5, 0.6) is 11.6 Å². The Morgan fingerprint density at radius 3 is 2.50 bits per heavy atom. The van der Waals surface area contributed by atoms with Crippen LogP contribution in [0.4, 0.5) is 11.5 Å². The van der Waals surface area contributed by atoms with E-state index in [9.17, 15) is 0 Å². The van der Waals surface area contributed by atoms with E-state index in [-0.39, 0.29) is 6.04 Å². The zero-order valence-electron chi connectivity index (χ0n) is 13.4. The van der Waals surface area contributed by atoms with Gasteiger partial charge in [-0.2, -0.15) is 4.98 Å². The Hall–Kier alpha value is -2.34. The van der Waals surface area contributed by atoms with E-state index in [4.69, 9.17) is 15.2 Å². The molecule has 0 amide bonds. The summed E-state index contributed by atoms with van der Waals surface area (Å²) in [5, 5.41) is 3.18. The van der Waals surface area contributed by atoms with E-state index in [2.05, 4.69) is 21.4 Å². The van der Waals surface area contributed by atoms with Crippen molar-refractivity contribution in [3.63, 3.8) is 0 Å². The molecule has 6 nitrogen and oxygen atoms in total. The fourth-order valence-electron chi connectivity index (χ4n) is 2.20. The maximum absolute atomic E-state index is 6.10. The van der Waals surface area contributed by atoms with Gasteiger partial charge in [-0.3, -0.25) is 0 Å². The molecule has 0 saturated heterocycles. The van der Waals surface area contributed by atoms with Crippen LogP contribution >= 0.6 is 0 Å². The van der Waals surface area contributed by atoms with Gasteiger partial charge in [-0.25, -0.2) is 4.98 Å². The van der Waals surface area contributed by atoms with Crippen LogP contribution in [0.25, 0.3) is 0 Å². The third kappa shape index (κ3) is 4.08. The second-order valence-electron chi connectivity index (χ2n) is 5.37. The highest BCUT2D eigenvalue weighted by molar-refractivity contribution is 5.67. The van der Waals surface area contributed by atoms with Crippen molar-refractivity contribution in [2.24, 2.45) is 0 Å². The molecule has 3 N–H and O–H groups in total. The first-order valence-electron chi connectivity index (χ1n) is 7.11. The minimum atomic E-state index is 0.0799. The van der Waals surface area contributed by atoms with Crippen LogP contribution < -0.4 is 15.8 Å². The monoisotopic (exact) mass is 302 g/mol. The molecule has 0 fully saturated rings. The molecule has 118 valence electrons. The summed E-state index contributed by atoms with van der Waals surface area (Å²) >= 11 is 0. The van der Waals surface area contributed by atoms with E-state index >= 15 is 0 Å². The van der Waals surface area contributed by atoms with Gasteiger partial charge in [0.05, 0.1) is 6.61 Å². The molecule has 22 heavy (non-hydrogen) atoms. The van der Waals surface area contributed by atoms with Crippen LogP contribution in [-0.4, -0.2) is 29.7 Å². The average molecular weight is 302 g/mol. The van der Waals surface area contributed by atoms with Crippen molar-refractivity contribution < 1.29 is 9.47 Å². The van der Waals surface area contributed by atoms with E-state index in [0.717, 1.165) is 11.1 Å². The second-order valence-corrected chi connectivity index (χ2v) is 5.37. The lowest BCUT2D eigenvalue weighted by Crippen LogP contribution is -2.22. The maximum atomic E-state index is 6.10. The summed E-state index contributed by atoms with van der Waals surface area (Å²) in [4.78, 5) is 8.27. The summed E-state index contributed by atoms with van der Waals surface area (Å²) in [6.07, 6.45) is 1.43. The lowest BCUT2D eigenvalue weighted by Gasteiger charge is -2.16. The van der Waals surface area contributed by atoms with Gasteiger partial charge in [0.25, 0.3) is 0 Å². The first-order chi connectivity index (χ1) is 10.5. The van der Waals surface area contributed by atoms with Crippen molar-refractivity contribution in [3.8, 4) is 11.6 Å². The fraction of sp³-hybridized carbons (Fsp3) is 0.375. The molecule has 1 aromatic carbocycles. The predicted octanol–water partition coefficient (Wildman–Crippen LogP) is 2.91. The summed E-state index contributed by atoms with van der Waals surface area (Å²) in [6, 6.07) is 6.04. The van der Waals surface area contributed by atoms with Crippen molar-refractivity contribution in [1.29, 1.82) is 0 Å². The smallest absolute Gasteiger partial charge is 0.248 e. The Bertz CT molecular complexity index is 626. The number of anilines is 2. The van der Waals surface area contributed by atoms with E-state index in [1.165, 1.54) is 6.33 Å². The molecule has 2 rings (SSSR count). The lowest BCUT2D eigenvalue weighted by molar-refractivity contribution is 0.190. The first-order valence-corrected chi connectivity index (χ1v) is 7.11. The Morgan fingerprint density at radius 1 is 1.18 bits per heavy atom. The number of hydrogen-bond acceptors (Lipinski definition) is 6. The van der Waals surface area contributed by atoms with Gasteiger partial charge in [-0.15, -0.1) is 0 Å². The highest BCUT2D eigenvalue weighted by Gasteiger charge is 2.12. The molecular weight excluding hydrogens is 280 g/mol. The van der Waals surface area contributed by atoms with E-state index in [0.29, 0.717) is 29.7 Å². The zero-order chi connectivity index (χ0) is 16.1. The Kier molecular flexibility index (Phi) is 5.16. The van der Waals surface area contributed by atoms with Crippen molar-refractivity contribution in [2.75, 3.05) is 24.8 Å². The minimum Gasteiger partial charge on any atom is -0.437 e. The molecule has 2 aromatic rings. The number of hydrogen-bond donors (Lipinski definition) is 2. The molecule has 1 atom stereocenters. The summed E-state index contributed by atoms with van der Waals surface area (Å²) in [6.45, 7) is 6.57. The standard InChI is InChI=1S/C16H22N4O2/c1-10-5-11(2)7-13(6-10)22-16-14(17)15(18-9-19-16)20-12(3)8-21-4/h5-7,9,12H,8,17H2,1-4H3,(H,18,19,20). The summed E-state index contributed by atoms with van der Waals surface area (Å²) in [5.41, 5.74) is 8.72. The van der Waals surface area contributed by atoms with Crippen LogP contribution in [0.3, 0.4) is 0 Å². The van der Waals surface area contributed by atoms with Crippen molar-refractivity contribution in [3.05, 3.63) is 35.7 Å². The topological polar surface area (TPSA) is 82.3 Å². The van der Waals surface area contributed by atoms with Crippen molar-refractivity contribution >= 4 is 11.5 Å². The third-order valence-electron chi connectivity index (χ3n) is 3.06. The van der Waals surface area contributed by atoms with Gasteiger partial charge in [0.1, 0.15) is 17.8 Å². The Balaban J connectivity index is 2.21. The summed E-state index contributed by atoms with van der Waals surface area (Å²) < 4.78 is 10.9. The molecule has 1 unspecified atom stereocenters. The molecule has 0 aliphatic heterocycles. The van der Waals surface area contributed by atoms with Gasteiger partial charge in [0.15, 0.2) is 5.82 Å². The number of rotatable bonds is 6. The number of aromatic nitrogens is 2. The van der Waals surface area contributed by atoms with Crippen LogP contribution in [-0.2, 0) is 4.74 Å². The molecule has 0 radical (unpaired) electrons. The second kappa shape index (κ2) is 7.09. The Labute approximate surface area is 130 Å². The van der Waals surface area contributed by atoms with Crippen LogP contribution in [0.2, 0.25) is 0 Å². The maximum Gasteiger partial charge on any atom is 0.248 e. The number of nitrogens with zero attached hydrogens (tertiary/aromatic N) is 2. The number of benzene rings is 1. The van der Waals surface area contributed by atoms with Gasteiger partial charge in [-0.05, 0) is 44.0 Å². The molecule has 0 saturated carbocycles. The fourth-order valence-corrected chi connectivity index (χ4v) is 2.20. The number of nitrogens with two attached hydrogens (primary N) is 1. The normalized spacial score (nSPS) is 12.0. The third-order valence-corrected chi connectivity index (χ3v) is 3.06. The zero-order valence-corrected chi connectivity index (χ0v) is 13.4. The summed E-state index contributed by atoms with van der Waals surface area (Å²) in [7, 11) is 1.65. The molecule has 0 aliphatic rings. The number of methoxy groups -OCH3 is 1. The number of nitrogen functional groups attached to an aromatic ring is 1. The van der Waals surface area contributed by atoms with Crippen LogP contribution in [0.15, 0.2) is 24.5 Å². The van der Waals surface area contributed by atoms with Crippen molar-refractivity contribution in [1.82, 2.24) is 9.97 Å². The molecule has 0 bridgehead atoms. The SMILES string of the molecule is COCC(C)Nc1ncnc(Oc2cc(C)cc(C)c2)c1N. The highest BCUT2D eigenvalue weighted by Crippen LogP contribution is 2.30. The number of ether oxygens (including phenoxy) is 2. The average Bonchev–Trinajstić information content (AvgIpc) is 2.42. The minimum absolute atomic E-state index is 0.0799. The largest absolute Gasteiger partial charge is 0.437 e. The lowest BCUT2D eigenvalue weighted by atomic mass is 10.1. The number of aryl methyl sites for hydroxylation is 2.